The van der Waals surface area contributed by atoms with Crippen LogP contribution in [0.1, 0.15) is 0 Å². The Balaban J connectivity index is 2.17. The molecule has 0 aliphatic carbocycles. The first kappa shape index (κ1) is 13.4. The van der Waals surface area contributed by atoms with Crippen molar-refractivity contribution in [2.75, 3.05) is 12.8 Å². The Morgan fingerprint density at radius 2 is 1.86 bits per heavy atom. The van der Waals surface area contributed by atoms with Crippen LogP contribution in [0.4, 0.5) is 5.69 Å². The van der Waals surface area contributed by atoms with Crippen LogP contribution in [-0.4, -0.2) is 21.9 Å². The van der Waals surface area contributed by atoms with E-state index < -0.39 is 0 Å². The molecule has 3 rings (SSSR count). The number of H-pyrrole nitrogens is 1. The zero-order chi connectivity index (χ0) is 14.8. The number of nitrogens with one attached hydrogen (secondary N) is 1. The van der Waals surface area contributed by atoms with Gasteiger partial charge < -0.3 is 10.5 Å². The zero-order valence-electron chi connectivity index (χ0n) is 11.4. The minimum absolute atomic E-state index is 0.512. The summed E-state index contributed by atoms with van der Waals surface area (Å²) in [6.45, 7) is 0. The third-order valence-corrected chi connectivity index (χ3v) is 3.48. The second kappa shape index (κ2) is 5.41. The van der Waals surface area contributed by atoms with Gasteiger partial charge in [-0.3, -0.25) is 9.67 Å². The summed E-state index contributed by atoms with van der Waals surface area (Å²) in [4.78, 5) is 0. The van der Waals surface area contributed by atoms with Crippen molar-refractivity contribution in [2.45, 2.75) is 0 Å². The van der Waals surface area contributed by atoms with Gasteiger partial charge in [0.05, 0.1) is 12.8 Å². The van der Waals surface area contributed by atoms with Crippen LogP contribution >= 0.6 is 12.2 Å². The molecule has 0 aliphatic heterocycles. The number of anilines is 1. The topological polar surface area (TPSA) is 68.9 Å². The lowest BCUT2D eigenvalue weighted by Gasteiger charge is -2.09. The number of hydrogen-bond acceptors (Lipinski definition) is 4. The average molecular weight is 298 g/mol. The smallest absolute Gasteiger partial charge is 0.200 e. The third-order valence-electron chi connectivity index (χ3n) is 3.20. The highest BCUT2D eigenvalue weighted by Crippen LogP contribution is 2.27. The van der Waals surface area contributed by atoms with Gasteiger partial charge in [0.15, 0.2) is 10.6 Å². The fourth-order valence-electron chi connectivity index (χ4n) is 2.15. The predicted octanol–water partition coefficient (Wildman–Crippen LogP) is 3.19. The molecule has 0 fully saturated rings. The predicted molar refractivity (Wildman–Crippen MR) is 85.1 cm³/mol. The van der Waals surface area contributed by atoms with Gasteiger partial charge in [-0.15, -0.1) is 0 Å². The molecule has 3 N–H and O–H groups in total. The summed E-state index contributed by atoms with van der Waals surface area (Å²) >= 11 is 5.33. The van der Waals surface area contributed by atoms with Crippen LogP contribution in [0.3, 0.4) is 0 Å². The van der Waals surface area contributed by atoms with Crippen molar-refractivity contribution in [3.05, 3.63) is 53.3 Å². The van der Waals surface area contributed by atoms with Gasteiger partial charge in [-0.25, -0.2) is 0 Å². The van der Waals surface area contributed by atoms with Crippen LogP contribution in [0.15, 0.2) is 48.5 Å². The minimum atomic E-state index is 0.512. The number of nitrogen functional groups attached to an aromatic ring is 1. The summed E-state index contributed by atoms with van der Waals surface area (Å²) in [5, 5.41) is 7.12. The summed E-state index contributed by atoms with van der Waals surface area (Å²) in [5.41, 5.74) is 8.42. The summed E-state index contributed by atoms with van der Waals surface area (Å²) in [6.07, 6.45) is 0. The molecule has 1 heterocycles. The number of nitrogens with two attached hydrogens (primary N) is 1. The first-order valence-corrected chi connectivity index (χ1v) is 6.78. The normalized spacial score (nSPS) is 10.5. The molecular weight excluding hydrogens is 284 g/mol. The Morgan fingerprint density at radius 1 is 1.14 bits per heavy atom. The number of benzene rings is 2. The van der Waals surface area contributed by atoms with E-state index in [0.29, 0.717) is 16.3 Å². The summed E-state index contributed by atoms with van der Waals surface area (Å²) < 4.78 is 7.53. The van der Waals surface area contributed by atoms with Crippen molar-refractivity contribution < 1.29 is 4.74 Å². The number of ether oxygens (including phenoxy) is 1. The number of nitrogens with zero attached hydrogens (tertiary/aromatic N) is 2. The number of rotatable bonds is 3. The monoisotopic (exact) mass is 298 g/mol. The fourth-order valence-corrected chi connectivity index (χ4v) is 2.39. The van der Waals surface area contributed by atoms with Crippen molar-refractivity contribution in [1.29, 1.82) is 0 Å². The molecule has 0 saturated carbocycles. The molecule has 0 radical (unpaired) electrons. The van der Waals surface area contributed by atoms with Crippen molar-refractivity contribution in [1.82, 2.24) is 14.8 Å². The number of para-hydroxylation sites is 1. The van der Waals surface area contributed by atoms with Gasteiger partial charge in [0.1, 0.15) is 5.75 Å². The molecule has 6 heteroatoms. The van der Waals surface area contributed by atoms with Crippen LogP contribution < -0.4 is 10.5 Å². The van der Waals surface area contributed by atoms with Crippen LogP contribution in [0.2, 0.25) is 0 Å². The number of methoxy groups -OCH3 is 1. The van der Waals surface area contributed by atoms with E-state index >= 15 is 0 Å². The van der Waals surface area contributed by atoms with Gasteiger partial charge in [0, 0.05) is 11.3 Å². The Bertz CT molecular complexity index is 820. The first-order chi connectivity index (χ1) is 10.2. The number of aromatic nitrogens is 3. The van der Waals surface area contributed by atoms with Crippen LogP contribution in [0.5, 0.6) is 5.75 Å². The number of aromatic amines is 1. The molecule has 2 aromatic carbocycles. The quantitative estimate of drug-likeness (QED) is 0.575. The van der Waals surface area contributed by atoms with E-state index in [1.807, 2.05) is 53.1 Å². The van der Waals surface area contributed by atoms with E-state index in [-0.39, 0.29) is 0 Å². The van der Waals surface area contributed by atoms with Crippen molar-refractivity contribution >= 4 is 17.9 Å². The molecular formula is C15H14N4OS. The van der Waals surface area contributed by atoms with Crippen molar-refractivity contribution in [2.24, 2.45) is 0 Å². The summed E-state index contributed by atoms with van der Waals surface area (Å²) in [7, 11) is 1.63. The summed E-state index contributed by atoms with van der Waals surface area (Å²) in [6, 6.07) is 15.2. The van der Waals surface area contributed by atoms with Gasteiger partial charge in [-0.05, 0) is 48.6 Å². The van der Waals surface area contributed by atoms with Crippen molar-refractivity contribution in [3.63, 3.8) is 0 Å². The van der Waals surface area contributed by atoms with Crippen LogP contribution in [0, 0.1) is 4.77 Å². The van der Waals surface area contributed by atoms with Crippen LogP contribution in [0.25, 0.3) is 17.1 Å². The largest absolute Gasteiger partial charge is 0.497 e. The molecule has 0 atom stereocenters. The summed E-state index contributed by atoms with van der Waals surface area (Å²) in [5.74, 6) is 1.47. The second-order valence-corrected chi connectivity index (χ2v) is 4.86. The second-order valence-electron chi connectivity index (χ2n) is 4.47. The van der Waals surface area contributed by atoms with E-state index in [9.17, 15) is 0 Å². The molecule has 0 unspecified atom stereocenters. The Morgan fingerprint density at radius 3 is 2.52 bits per heavy atom. The lowest BCUT2D eigenvalue weighted by atomic mass is 10.1. The maximum absolute atomic E-state index is 6.03. The molecule has 1 aromatic heterocycles. The zero-order valence-corrected chi connectivity index (χ0v) is 12.2. The highest BCUT2D eigenvalue weighted by molar-refractivity contribution is 7.71. The highest BCUT2D eigenvalue weighted by Gasteiger charge is 2.12. The molecule has 0 spiro atoms. The lowest BCUT2D eigenvalue weighted by Crippen LogP contribution is -2.00. The van der Waals surface area contributed by atoms with Crippen LogP contribution in [-0.2, 0) is 0 Å². The Kier molecular flexibility index (Phi) is 3.45. The maximum Gasteiger partial charge on any atom is 0.200 e. The molecule has 106 valence electrons. The SMILES string of the molecule is COc1ccc(-n2c(-c3ccccc3N)n[nH]c2=S)cc1. The molecule has 0 saturated heterocycles. The molecule has 0 amide bonds. The first-order valence-electron chi connectivity index (χ1n) is 6.37. The lowest BCUT2D eigenvalue weighted by molar-refractivity contribution is 0.414. The molecule has 3 aromatic rings. The average Bonchev–Trinajstić information content (AvgIpc) is 2.89. The standard InChI is InChI=1S/C15H14N4OS/c1-20-11-8-6-10(7-9-11)19-14(17-18-15(19)21)12-4-2-3-5-13(12)16/h2-9H,16H2,1H3,(H,18,21). The molecule has 0 aliphatic rings. The van der Waals surface area contributed by atoms with E-state index in [4.69, 9.17) is 22.7 Å². The van der Waals surface area contributed by atoms with E-state index in [1.54, 1.807) is 7.11 Å². The molecule has 21 heavy (non-hydrogen) atoms. The number of hydrogen-bond donors (Lipinski definition) is 2. The minimum Gasteiger partial charge on any atom is -0.497 e. The van der Waals surface area contributed by atoms with E-state index in [2.05, 4.69) is 10.2 Å². The van der Waals surface area contributed by atoms with Gasteiger partial charge in [0.2, 0.25) is 0 Å². The fraction of sp³-hybridized carbons (Fsp3) is 0.0667. The Labute approximate surface area is 127 Å². The van der Waals surface area contributed by atoms with Gasteiger partial charge in [0.25, 0.3) is 0 Å². The van der Waals surface area contributed by atoms with Gasteiger partial charge in [-0.1, -0.05) is 12.1 Å². The van der Waals surface area contributed by atoms with E-state index in [0.717, 1.165) is 17.0 Å². The third kappa shape index (κ3) is 2.41. The van der Waals surface area contributed by atoms with E-state index in [1.165, 1.54) is 0 Å². The van der Waals surface area contributed by atoms with Crippen molar-refractivity contribution in [3.8, 4) is 22.8 Å². The molecule has 0 bridgehead atoms. The van der Waals surface area contributed by atoms with Gasteiger partial charge in [-0.2, -0.15) is 5.10 Å². The maximum atomic E-state index is 6.03. The molecule has 5 nitrogen and oxygen atoms in total. The Hall–Kier alpha value is -2.60. The highest BCUT2D eigenvalue weighted by atomic mass is 32.1. The van der Waals surface area contributed by atoms with Gasteiger partial charge >= 0.3 is 0 Å².